The van der Waals surface area contributed by atoms with Crippen molar-refractivity contribution in [2.75, 3.05) is 20.1 Å². The molecule has 2 aliphatic heterocycles. The van der Waals surface area contributed by atoms with E-state index in [1.165, 1.54) is 16.0 Å². The minimum Gasteiger partial charge on any atom is -0.287 e. The van der Waals surface area contributed by atoms with Gasteiger partial charge in [-0.25, -0.2) is 0 Å². The zero-order valence-electron chi connectivity index (χ0n) is 11.6. The Hall–Kier alpha value is -1.94. The fourth-order valence-corrected chi connectivity index (χ4v) is 2.90. The summed E-state index contributed by atoms with van der Waals surface area (Å²) < 4.78 is 0. The Morgan fingerprint density at radius 3 is 2.45 bits per heavy atom. The van der Waals surface area contributed by atoms with Gasteiger partial charge in [0.15, 0.2) is 0 Å². The smallest absolute Gasteiger partial charge is 0.246 e. The maximum Gasteiger partial charge on any atom is 0.246 e. The third-order valence-electron chi connectivity index (χ3n) is 4.18. The highest BCUT2D eigenvalue weighted by molar-refractivity contribution is 6.05. The molecule has 1 aromatic carbocycles. The Morgan fingerprint density at radius 2 is 1.90 bits per heavy atom. The standard InChI is InChI=1S/C16H18N2O2/c1-17-15(19)11-14(16(17)20)18-9-7-13(8-10-18)12-5-3-2-4-6-12/h2-7,14H,8-11H2,1H3/t14-/m0/s1. The Balaban J connectivity index is 1.71. The minimum atomic E-state index is -0.263. The second-order valence-corrected chi connectivity index (χ2v) is 5.35. The molecule has 1 atom stereocenters. The van der Waals surface area contributed by atoms with E-state index in [0.717, 1.165) is 19.5 Å². The highest BCUT2D eigenvalue weighted by Gasteiger charge is 2.39. The molecule has 0 saturated carbocycles. The van der Waals surface area contributed by atoms with E-state index < -0.39 is 0 Å². The topological polar surface area (TPSA) is 40.6 Å². The van der Waals surface area contributed by atoms with Gasteiger partial charge in [-0.1, -0.05) is 36.4 Å². The van der Waals surface area contributed by atoms with Gasteiger partial charge in [0.25, 0.3) is 0 Å². The van der Waals surface area contributed by atoms with Crippen molar-refractivity contribution in [1.82, 2.24) is 9.80 Å². The van der Waals surface area contributed by atoms with E-state index in [9.17, 15) is 9.59 Å². The van der Waals surface area contributed by atoms with Crippen molar-refractivity contribution in [2.24, 2.45) is 0 Å². The van der Waals surface area contributed by atoms with Crippen LogP contribution in [0.4, 0.5) is 0 Å². The lowest BCUT2D eigenvalue weighted by Crippen LogP contribution is -2.43. The zero-order valence-corrected chi connectivity index (χ0v) is 11.6. The first kappa shape index (κ1) is 13.1. The molecule has 1 fully saturated rings. The predicted molar refractivity (Wildman–Crippen MR) is 76.8 cm³/mol. The van der Waals surface area contributed by atoms with E-state index in [1.807, 2.05) is 18.2 Å². The molecule has 0 radical (unpaired) electrons. The van der Waals surface area contributed by atoms with Crippen LogP contribution in [0.3, 0.4) is 0 Å². The van der Waals surface area contributed by atoms with Gasteiger partial charge < -0.3 is 0 Å². The van der Waals surface area contributed by atoms with Gasteiger partial charge in [0.2, 0.25) is 11.8 Å². The monoisotopic (exact) mass is 270 g/mol. The van der Waals surface area contributed by atoms with Crippen molar-refractivity contribution in [1.29, 1.82) is 0 Å². The van der Waals surface area contributed by atoms with Crippen LogP contribution in [0.25, 0.3) is 5.57 Å². The fourth-order valence-electron chi connectivity index (χ4n) is 2.90. The number of rotatable bonds is 2. The Labute approximate surface area is 118 Å². The SMILES string of the molecule is CN1C(=O)C[C@H](N2CC=C(c3ccccc3)CC2)C1=O. The Bertz CT molecular complexity index is 565. The number of hydrogen-bond donors (Lipinski definition) is 0. The van der Waals surface area contributed by atoms with E-state index in [-0.39, 0.29) is 17.9 Å². The summed E-state index contributed by atoms with van der Waals surface area (Å²) in [6, 6.07) is 10.0. The van der Waals surface area contributed by atoms with Crippen LogP contribution in [0, 0.1) is 0 Å². The number of likely N-dealkylation sites (N-methyl/N-ethyl adjacent to an activating group) is 1. The van der Waals surface area contributed by atoms with Gasteiger partial charge in [0, 0.05) is 20.1 Å². The lowest BCUT2D eigenvalue weighted by atomic mass is 9.98. The molecule has 0 bridgehead atoms. The maximum absolute atomic E-state index is 12.0. The number of hydrogen-bond acceptors (Lipinski definition) is 3. The third kappa shape index (κ3) is 2.27. The summed E-state index contributed by atoms with van der Waals surface area (Å²) in [7, 11) is 1.57. The number of likely N-dealkylation sites (tertiary alicyclic amines) is 1. The maximum atomic E-state index is 12.0. The van der Waals surface area contributed by atoms with Crippen LogP contribution >= 0.6 is 0 Å². The number of nitrogens with zero attached hydrogens (tertiary/aromatic N) is 2. The molecule has 3 rings (SSSR count). The Morgan fingerprint density at radius 1 is 1.15 bits per heavy atom. The average Bonchev–Trinajstić information content (AvgIpc) is 2.76. The third-order valence-corrected chi connectivity index (χ3v) is 4.18. The number of carbonyl (C=O) groups excluding carboxylic acids is 2. The van der Waals surface area contributed by atoms with Crippen LogP contribution in [0.2, 0.25) is 0 Å². The summed E-state index contributed by atoms with van der Waals surface area (Å²) in [6.45, 7) is 1.57. The van der Waals surface area contributed by atoms with Gasteiger partial charge in [-0.3, -0.25) is 19.4 Å². The summed E-state index contributed by atoms with van der Waals surface area (Å²) in [5.74, 6) is -0.135. The molecular formula is C16H18N2O2. The first-order valence-electron chi connectivity index (χ1n) is 6.95. The van der Waals surface area contributed by atoms with Gasteiger partial charge >= 0.3 is 0 Å². The van der Waals surface area contributed by atoms with Crippen molar-refractivity contribution in [3.8, 4) is 0 Å². The quantitative estimate of drug-likeness (QED) is 0.765. The molecule has 0 spiro atoms. The van der Waals surface area contributed by atoms with E-state index in [4.69, 9.17) is 0 Å². The number of imide groups is 1. The van der Waals surface area contributed by atoms with Crippen LogP contribution in [-0.4, -0.2) is 47.8 Å². The highest BCUT2D eigenvalue weighted by Crippen LogP contribution is 2.26. The highest BCUT2D eigenvalue weighted by atomic mass is 16.2. The van der Waals surface area contributed by atoms with Crippen LogP contribution in [0.1, 0.15) is 18.4 Å². The van der Waals surface area contributed by atoms with Crippen LogP contribution < -0.4 is 0 Å². The molecule has 2 aliphatic rings. The molecule has 0 aromatic heterocycles. The van der Waals surface area contributed by atoms with Crippen LogP contribution in [0.5, 0.6) is 0 Å². The Kier molecular flexibility index (Phi) is 3.40. The van der Waals surface area contributed by atoms with Gasteiger partial charge in [-0.15, -0.1) is 0 Å². The van der Waals surface area contributed by atoms with Gasteiger partial charge in [0.05, 0.1) is 12.5 Å². The van der Waals surface area contributed by atoms with Crippen molar-refractivity contribution in [3.05, 3.63) is 42.0 Å². The predicted octanol–water partition coefficient (Wildman–Crippen LogP) is 1.53. The molecule has 20 heavy (non-hydrogen) atoms. The van der Waals surface area contributed by atoms with E-state index in [0.29, 0.717) is 6.42 Å². The molecule has 1 aromatic rings. The number of amides is 2. The molecule has 4 nitrogen and oxygen atoms in total. The molecule has 4 heteroatoms. The zero-order chi connectivity index (χ0) is 14.1. The lowest BCUT2D eigenvalue weighted by Gasteiger charge is -2.30. The van der Waals surface area contributed by atoms with Gasteiger partial charge in [-0.2, -0.15) is 0 Å². The second-order valence-electron chi connectivity index (χ2n) is 5.35. The van der Waals surface area contributed by atoms with E-state index in [2.05, 4.69) is 23.1 Å². The molecule has 1 saturated heterocycles. The summed E-state index contributed by atoms with van der Waals surface area (Å²) in [6.07, 6.45) is 3.42. The van der Waals surface area contributed by atoms with Gasteiger partial charge in [0.1, 0.15) is 0 Å². The summed E-state index contributed by atoms with van der Waals surface area (Å²) >= 11 is 0. The summed E-state index contributed by atoms with van der Waals surface area (Å²) in [5, 5.41) is 0. The number of benzene rings is 1. The molecule has 2 heterocycles. The van der Waals surface area contributed by atoms with Crippen LogP contribution in [0.15, 0.2) is 36.4 Å². The molecular weight excluding hydrogens is 252 g/mol. The molecule has 104 valence electrons. The van der Waals surface area contributed by atoms with E-state index in [1.54, 1.807) is 7.05 Å². The molecule has 0 unspecified atom stereocenters. The van der Waals surface area contributed by atoms with Gasteiger partial charge in [-0.05, 0) is 17.6 Å². The summed E-state index contributed by atoms with van der Waals surface area (Å²) in [4.78, 5) is 27.0. The van der Waals surface area contributed by atoms with Crippen LogP contribution in [-0.2, 0) is 9.59 Å². The summed E-state index contributed by atoms with van der Waals surface area (Å²) in [5.41, 5.74) is 2.57. The normalized spacial score (nSPS) is 24.1. The lowest BCUT2D eigenvalue weighted by molar-refractivity contribution is -0.138. The van der Waals surface area contributed by atoms with Crippen molar-refractivity contribution >= 4 is 17.4 Å². The molecule has 2 amide bonds. The van der Waals surface area contributed by atoms with Crippen molar-refractivity contribution in [3.63, 3.8) is 0 Å². The van der Waals surface area contributed by atoms with Crippen molar-refractivity contribution in [2.45, 2.75) is 18.9 Å². The largest absolute Gasteiger partial charge is 0.287 e. The van der Waals surface area contributed by atoms with E-state index >= 15 is 0 Å². The fraction of sp³-hybridized carbons (Fsp3) is 0.375. The second kappa shape index (κ2) is 5.21. The first-order valence-corrected chi connectivity index (χ1v) is 6.95. The minimum absolute atomic E-state index is 0.0634. The molecule has 0 N–H and O–H groups in total. The molecule has 0 aliphatic carbocycles. The number of carbonyl (C=O) groups is 2. The van der Waals surface area contributed by atoms with Crippen molar-refractivity contribution < 1.29 is 9.59 Å². The average molecular weight is 270 g/mol. The first-order chi connectivity index (χ1) is 9.66.